The Morgan fingerprint density at radius 3 is 2.39 bits per heavy atom. The van der Waals surface area contributed by atoms with E-state index in [2.05, 4.69) is 60.4 Å². The molecule has 0 fully saturated rings. The fraction of sp³-hybridized carbons (Fsp3) is 0.500. The molecule has 0 bridgehead atoms. The standard InChI is InChI=1S/C14H23N3.HI/c1-5-10-16-14(15-3)17(4)11-13-8-6-12(2)7-9-13;/h6-9H,5,10-11H2,1-4H3,(H,15,16);1H. The van der Waals surface area contributed by atoms with Crippen molar-refractivity contribution in [2.75, 3.05) is 20.6 Å². The molecule has 0 saturated heterocycles. The largest absolute Gasteiger partial charge is 0.356 e. The first kappa shape index (κ1) is 17.2. The van der Waals surface area contributed by atoms with Crippen molar-refractivity contribution >= 4 is 29.9 Å². The van der Waals surface area contributed by atoms with Crippen molar-refractivity contribution in [2.45, 2.75) is 26.8 Å². The van der Waals surface area contributed by atoms with Crippen LogP contribution in [0.15, 0.2) is 29.3 Å². The molecule has 0 spiro atoms. The molecule has 102 valence electrons. The van der Waals surface area contributed by atoms with Crippen LogP contribution < -0.4 is 5.32 Å². The summed E-state index contributed by atoms with van der Waals surface area (Å²) in [5, 5.41) is 3.33. The van der Waals surface area contributed by atoms with Crippen molar-refractivity contribution in [3.05, 3.63) is 35.4 Å². The van der Waals surface area contributed by atoms with Gasteiger partial charge in [-0.15, -0.1) is 24.0 Å². The minimum absolute atomic E-state index is 0. The number of hydrogen-bond donors (Lipinski definition) is 1. The fourth-order valence-corrected chi connectivity index (χ4v) is 1.66. The van der Waals surface area contributed by atoms with Crippen LogP contribution in [0.2, 0.25) is 0 Å². The summed E-state index contributed by atoms with van der Waals surface area (Å²) in [5.41, 5.74) is 2.60. The van der Waals surface area contributed by atoms with Gasteiger partial charge in [0, 0.05) is 27.2 Å². The predicted octanol–water partition coefficient (Wildman–Crippen LogP) is 3.03. The molecule has 18 heavy (non-hydrogen) atoms. The lowest BCUT2D eigenvalue weighted by Crippen LogP contribution is -2.38. The Balaban J connectivity index is 0.00000289. The van der Waals surface area contributed by atoms with Gasteiger partial charge in [0.05, 0.1) is 0 Å². The summed E-state index contributed by atoms with van der Waals surface area (Å²) in [5.74, 6) is 0.951. The SMILES string of the molecule is CCCNC(=NC)N(C)Cc1ccc(C)cc1.I. The van der Waals surface area contributed by atoms with Crippen molar-refractivity contribution in [3.8, 4) is 0 Å². The third-order valence-electron chi connectivity index (χ3n) is 2.65. The molecule has 0 heterocycles. The van der Waals surface area contributed by atoms with Crippen molar-refractivity contribution < 1.29 is 0 Å². The van der Waals surface area contributed by atoms with Crippen LogP contribution in [-0.2, 0) is 6.54 Å². The molecule has 1 rings (SSSR count). The molecule has 0 aliphatic rings. The number of aliphatic imine (C=N–C) groups is 1. The first-order valence-electron chi connectivity index (χ1n) is 6.14. The Hall–Kier alpha value is -0.780. The summed E-state index contributed by atoms with van der Waals surface area (Å²) >= 11 is 0. The van der Waals surface area contributed by atoms with Crippen LogP contribution in [0.25, 0.3) is 0 Å². The first-order valence-corrected chi connectivity index (χ1v) is 6.14. The van der Waals surface area contributed by atoms with Gasteiger partial charge >= 0.3 is 0 Å². The summed E-state index contributed by atoms with van der Waals surface area (Å²) in [4.78, 5) is 6.41. The molecule has 0 saturated carbocycles. The number of halogens is 1. The van der Waals surface area contributed by atoms with Crippen LogP contribution in [0.5, 0.6) is 0 Å². The number of nitrogens with one attached hydrogen (secondary N) is 1. The van der Waals surface area contributed by atoms with E-state index in [1.165, 1.54) is 11.1 Å². The zero-order valence-electron chi connectivity index (χ0n) is 11.7. The molecule has 1 aromatic rings. The molecule has 1 aromatic carbocycles. The Bertz CT molecular complexity index is 360. The van der Waals surface area contributed by atoms with E-state index in [-0.39, 0.29) is 24.0 Å². The van der Waals surface area contributed by atoms with E-state index in [0.717, 1.165) is 25.5 Å². The highest BCUT2D eigenvalue weighted by molar-refractivity contribution is 14.0. The maximum absolute atomic E-state index is 4.27. The highest BCUT2D eigenvalue weighted by Crippen LogP contribution is 2.05. The lowest BCUT2D eigenvalue weighted by Gasteiger charge is -2.22. The topological polar surface area (TPSA) is 27.6 Å². The molecular weight excluding hydrogens is 337 g/mol. The molecule has 0 aromatic heterocycles. The van der Waals surface area contributed by atoms with Crippen molar-refractivity contribution in [1.82, 2.24) is 10.2 Å². The van der Waals surface area contributed by atoms with Gasteiger partial charge in [0.15, 0.2) is 5.96 Å². The molecular formula is C14H24IN3. The Morgan fingerprint density at radius 2 is 1.89 bits per heavy atom. The lowest BCUT2D eigenvalue weighted by molar-refractivity contribution is 0.477. The average molecular weight is 361 g/mol. The molecule has 3 nitrogen and oxygen atoms in total. The van der Waals surface area contributed by atoms with Gasteiger partial charge in [-0.1, -0.05) is 36.8 Å². The maximum atomic E-state index is 4.27. The quantitative estimate of drug-likeness (QED) is 0.507. The summed E-state index contributed by atoms with van der Waals surface area (Å²) in [6.45, 7) is 6.10. The lowest BCUT2D eigenvalue weighted by atomic mass is 10.1. The van der Waals surface area contributed by atoms with E-state index in [4.69, 9.17) is 0 Å². The Morgan fingerprint density at radius 1 is 1.28 bits per heavy atom. The number of rotatable bonds is 4. The van der Waals surface area contributed by atoms with Gasteiger partial charge in [0.25, 0.3) is 0 Å². The monoisotopic (exact) mass is 361 g/mol. The normalized spacial score (nSPS) is 10.8. The molecule has 0 unspecified atom stereocenters. The molecule has 1 N–H and O–H groups in total. The number of nitrogens with zero attached hydrogens (tertiary/aromatic N) is 2. The van der Waals surface area contributed by atoms with Crippen LogP contribution in [0.4, 0.5) is 0 Å². The highest BCUT2D eigenvalue weighted by Gasteiger charge is 2.05. The van der Waals surface area contributed by atoms with Gasteiger partial charge in [0.1, 0.15) is 0 Å². The Labute approximate surface area is 128 Å². The number of guanidine groups is 1. The van der Waals surface area contributed by atoms with E-state index in [9.17, 15) is 0 Å². The fourth-order valence-electron chi connectivity index (χ4n) is 1.66. The molecule has 0 aliphatic heterocycles. The minimum atomic E-state index is 0. The third-order valence-corrected chi connectivity index (χ3v) is 2.65. The first-order chi connectivity index (χ1) is 8.17. The second-order valence-electron chi connectivity index (χ2n) is 4.32. The maximum Gasteiger partial charge on any atom is 0.193 e. The molecule has 0 aliphatic carbocycles. The number of hydrogen-bond acceptors (Lipinski definition) is 1. The smallest absolute Gasteiger partial charge is 0.193 e. The second-order valence-corrected chi connectivity index (χ2v) is 4.32. The van der Waals surface area contributed by atoms with Gasteiger partial charge < -0.3 is 10.2 Å². The van der Waals surface area contributed by atoms with E-state index in [0.29, 0.717) is 0 Å². The summed E-state index contributed by atoms with van der Waals surface area (Å²) in [6.07, 6.45) is 1.11. The zero-order chi connectivity index (χ0) is 12.7. The zero-order valence-corrected chi connectivity index (χ0v) is 14.1. The number of benzene rings is 1. The molecule has 4 heteroatoms. The van der Waals surface area contributed by atoms with Gasteiger partial charge in [-0.05, 0) is 18.9 Å². The van der Waals surface area contributed by atoms with Gasteiger partial charge in [-0.25, -0.2) is 0 Å². The number of aryl methyl sites for hydroxylation is 1. The summed E-state index contributed by atoms with van der Waals surface area (Å²) < 4.78 is 0. The van der Waals surface area contributed by atoms with E-state index >= 15 is 0 Å². The van der Waals surface area contributed by atoms with E-state index < -0.39 is 0 Å². The minimum Gasteiger partial charge on any atom is -0.356 e. The van der Waals surface area contributed by atoms with Crippen LogP contribution in [0.3, 0.4) is 0 Å². The Kier molecular flexibility index (Phi) is 8.79. The van der Waals surface area contributed by atoms with Crippen molar-refractivity contribution in [1.29, 1.82) is 0 Å². The van der Waals surface area contributed by atoms with Gasteiger partial charge in [0.2, 0.25) is 0 Å². The van der Waals surface area contributed by atoms with Gasteiger partial charge in [-0.3, -0.25) is 4.99 Å². The van der Waals surface area contributed by atoms with Crippen LogP contribution in [0, 0.1) is 6.92 Å². The summed E-state index contributed by atoms with van der Waals surface area (Å²) in [6, 6.07) is 8.62. The van der Waals surface area contributed by atoms with Crippen LogP contribution in [0.1, 0.15) is 24.5 Å². The van der Waals surface area contributed by atoms with Crippen molar-refractivity contribution in [2.24, 2.45) is 4.99 Å². The van der Waals surface area contributed by atoms with Crippen molar-refractivity contribution in [3.63, 3.8) is 0 Å². The van der Waals surface area contributed by atoms with E-state index in [1.807, 2.05) is 7.05 Å². The molecule has 0 atom stereocenters. The molecule has 0 radical (unpaired) electrons. The highest BCUT2D eigenvalue weighted by atomic mass is 127. The molecule has 0 amide bonds. The van der Waals surface area contributed by atoms with Gasteiger partial charge in [-0.2, -0.15) is 0 Å². The average Bonchev–Trinajstić information content (AvgIpc) is 2.33. The predicted molar refractivity (Wildman–Crippen MR) is 89.7 cm³/mol. The second kappa shape index (κ2) is 9.19. The van der Waals surface area contributed by atoms with Crippen LogP contribution >= 0.6 is 24.0 Å². The summed E-state index contributed by atoms with van der Waals surface area (Å²) in [7, 11) is 3.88. The third kappa shape index (κ3) is 5.71. The van der Waals surface area contributed by atoms with Crippen LogP contribution in [-0.4, -0.2) is 31.5 Å². The van der Waals surface area contributed by atoms with E-state index in [1.54, 1.807) is 0 Å².